The molecule has 1 saturated heterocycles. The summed E-state index contributed by atoms with van der Waals surface area (Å²) >= 11 is 0. The summed E-state index contributed by atoms with van der Waals surface area (Å²) in [5.74, 6) is 0. The predicted molar refractivity (Wildman–Crippen MR) is 70.6 cm³/mol. The largest absolute Gasteiger partial charge is 0.372 e. The van der Waals surface area contributed by atoms with Crippen LogP contribution in [0.15, 0.2) is 30.3 Å². The van der Waals surface area contributed by atoms with Gasteiger partial charge in [0.1, 0.15) is 0 Å². The van der Waals surface area contributed by atoms with Crippen LogP contribution in [-0.2, 0) is 11.3 Å². The van der Waals surface area contributed by atoms with Gasteiger partial charge in [0, 0.05) is 6.54 Å². The first kappa shape index (κ1) is 12.0. The van der Waals surface area contributed by atoms with Crippen LogP contribution in [0.3, 0.4) is 0 Å². The molecule has 0 aromatic heterocycles. The Balaban J connectivity index is 1.80. The van der Waals surface area contributed by atoms with Gasteiger partial charge in [0.05, 0.1) is 12.7 Å². The van der Waals surface area contributed by atoms with Gasteiger partial charge in [-0.1, -0.05) is 30.3 Å². The smallest absolute Gasteiger partial charge is 0.0721 e. The first-order valence-corrected chi connectivity index (χ1v) is 6.63. The van der Waals surface area contributed by atoms with Crippen LogP contribution in [0.25, 0.3) is 0 Å². The van der Waals surface area contributed by atoms with E-state index in [1.807, 2.05) is 6.07 Å². The van der Waals surface area contributed by atoms with E-state index in [9.17, 15) is 0 Å². The molecule has 1 aromatic rings. The van der Waals surface area contributed by atoms with Gasteiger partial charge in [-0.05, 0) is 30.6 Å². The molecular weight excluding hydrogens is 217 g/mol. The van der Waals surface area contributed by atoms with Gasteiger partial charge in [0.15, 0.2) is 0 Å². The molecule has 0 radical (unpaired) electrons. The van der Waals surface area contributed by atoms with Crippen LogP contribution in [0.4, 0.5) is 0 Å². The molecular formula is C13H20NOP. The Hall–Kier alpha value is -0.430. The Bertz CT molecular complexity index is 304. The van der Waals surface area contributed by atoms with Crippen LogP contribution in [0.1, 0.15) is 18.4 Å². The van der Waals surface area contributed by atoms with Gasteiger partial charge >= 0.3 is 0 Å². The van der Waals surface area contributed by atoms with E-state index in [1.54, 1.807) is 0 Å². The Labute approximate surface area is 100.0 Å². The summed E-state index contributed by atoms with van der Waals surface area (Å²) in [6, 6.07) is 10.4. The minimum absolute atomic E-state index is 0.352. The van der Waals surface area contributed by atoms with Crippen molar-refractivity contribution in [1.82, 2.24) is 5.32 Å². The highest BCUT2D eigenvalue weighted by atomic mass is 31.0. The number of hydrogen-bond acceptors (Lipinski definition) is 2. The molecule has 1 aromatic carbocycles. The lowest BCUT2D eigenvalue weighted by Crippen LogP contribution is -2.27. The van der Waals surface area contributed by atoms with E-state index in [-0.39, 0.29) is 0 Å². The van der Waals surface area contributed by atoms with Gasteiger partial charge in [-0.25, -0.2) is 0 Å². The fourth-order valence-electron chi connectivity index (χ4n) is 2.00. The highest BCUT2D eigenvalue weighted by molar-refractivity contribution is 7.17. The van der Waals surface area contributed by atoms with E-state index in [1.165, 1.54) is 12.0 Å². The molecule has 88 valence electrons. The summed E-state index contributed by atoms with van der Waals surface area (Å²) in [7, 11) is 2.92. The first-order valence-electron chi connectivity index (χ1n) is 5.96. The molecule has 3 atom stereocenters. The zero-order valence-electron chi connectivity index (χ0n) is 9.56. The summed E-state index contributed by atoms with van der Waals surface area (Å²) in [6.07, 6.45) is 2.73. The quantitative estimate of drug-likeness (QED) is 0.814. The van der Waals surface area contributed by atoms with Gasteiger partial charge in [0.2, 0.25) is 0 Å². The standard InChI is InChI=1S/C13H20NOP/c16-13-6-7-14-9-12(8-13)15-10-11-4-2-1-3-5-11/h1-5,12-14H,6-10,16H2. The van der Waals surface area contributed by atoms with Gasteiger partial charge in [-0.15, -0.1) is 9.24 Å². The molecule has 2 rings (SSSR count). The highest BCUT2D eigenvalue weighted by Crippen LogP contribution is 2.17. The number of nitrogens with one attached hydrogen (secondary N) is 1. The molecule has 1 heterocycles. The molecule has 0 spiro atoms. The van der Waals surface area contributed by atoms with Crippen molar-refractivity contribution in [1.29, 1.82) is 0 Å². The molecule has 1 aliphatic rings. The molecule has 1 aliphatic heterocycles. The molecule has 0 amide bonds. The van der Waals surface area contributed by atoms with Crippen LogP contribution >= 0.6 is 9.24 Å². The summed E-state index contributed by atoms with van der Waals surface area (Å²) in [6.45, 7) is 2.82. The monoisotopic (exact) mass is 237 g/mol. The van der Waals surface area contributed by atoms with E-state index in [0.29, 0.717) is 11.8 Å². The zero-order chi connectivity index (χ0) is 11.2. The Morgan fingerprint density at radius 3 is 2.94 bits per heavy atom. The number of benzene rings is 1. The van der Waals surface area contributed by atoms with Crippen molar-refractivity contribution in [2.24, 2.45) is 0 Å². The molecule has 0 aliphatic carbocycles. The topological polar surface area (TPSA) is 21.3 Å². The van der Waals surface area contributed by atoms with E-state index in [4.69, 9.17) is 4.74 Å². The number of ether oxygens (including phenoxy) is 1. The Morgan fingerprint density at radius 2 is 2.12 bits per heavy atom. The minimum Gasteiger partial charge on any atom is -0.372 e. The SMILES string of the molecule is PC1CCNCC(OCc2ccccc2)C1. The lowest BCUT2D eigenvalue weighted by Gasteiger charge is -2.17. The molecule has 0 bridgehead atoms. The molecule has 3 heteroatoms. The second-order valence-electron chi connectivity index (χ2n) is 4.41. The van der Waals surface area contributed by atoms with Gasteiger partial charge < -0.3 is 10.1 Å². The fraction of sp³-hybridized carbons (Fsp3) is 0.538. The maximum absolute atomic E-state index is 5.94. The normalized spacial score (nSPS) is 26.3. The Kier molecular flexibility index (Phi) is 4.77. The van der Waals surface area contributed by atoms with Crippen LogP contribution < -0.4 is 5.32 Å². The van der Waals surface area contributed by atoms with E-state index < -0.39 is 0 Å². The average Bonchev–Trinajstić information content (AvgIpc) is 2.52. The third-order valence-corrected chi connectivity index (χ3v) is 3.56. The van der Waals surface area contributed by atoms with Crippen molar-refractivity contribution in [3.63, 3.8) is 0 Å². The molecule has 1 fully saturated rings. The summed E-state index contributed by atoms with van der Waals surface area (Å²) in [5.41, 5.74) is 1.95. The number of hydrogen-bond donors (Lipinski definition) is 1. The van der Waals surface area contributed by atoms with Crippen molar-refractivity contribution in [3.8, 4) is 0 Å². The maximum atomic E-state index is 5.94. The van der Waals surface area contributed by atoms with E-state index in [2.05, 4.69) is 38.8 Å². The maximum Gasteiger partial charge on any atom is 0.0721 e. The minimum atomic E-state index is 0.352. The summed E-state index contributed by atoms with van der Waals surface area (Å²) in [5, 5.41) is 3.43. The second kappa shape index (κ2) is 6.34. The van der Waals surface area contributed by atoms with Crippen molar-refractivity contribution in [2.45, 2.75) is 31.2 Å². The molecule has 1 N–H and O–H groups in total. The molecule has 2 nitrogen and oxygen atoms in total. The lowest BCUT2D eigenvalue weighted by molar-refractivity contribution is 0.0392. The summed E-state index contributed by atoms with van der Waals surface area (Å²) < 4.78 is 5.94. The Morgan fingerprint density at radius 1 is 1.31 bits per heavy atom. The first-order chi connectivity index (χ1) is 7.84. The number of rotatable bonds is 3. The predicted octanol–water partition coefficient (Wildman–Crippen LogP) is 2.20. The van der Waals surface area contributed by atoms with Crippen molar-refractivity contribution in [2.75, 3.05) is 13.1 Å². The average molecular weight is 237 g/mol. The van der Waals surface area contributed by atoms with Gasteiger partial charge in [-0.2, -0.15) is 0 Å². The zero-order valence-corrected chi connectivity index (χ0v) is 10.7. The van der Waals surface area contributed by atoms with Crippen LogP contribution in [0.5, 0.6) is 0 Å². The molecule has 3 unspecified atom stereocenters. The summed E-state index contributed by atoms with van der Waals surface area (Å²) in [4.78, 5) is 0. The van der Waals surface area contributed by atoms with E-state index >= 15 is 0 Å². The van der Waals surface area contributed by atoms with Crippen molar-refractivity contribution < 1.29 is 4.74 Å². The van der Waals surface area contributed by atoms with Gasteiger partial charge in [0.25, 0.3) is 0 Å². The van der Waals surface area contributed by atoms with Crippen molar-refractivity contribution >= 4 is 9.24 Å². The van der Waals surface area contributed by atoms with E-state index in [0.717, 1.165) is 26.1 Å². The van der Waals surface area contributed by atoms with Gasteiger partial charge in [-0.3, -0.25) is 0 Å². The molecule has 16 heavy (non-hydrogen) atoms. The molecule has 0 saturated carbocycles. The van der Waals surface area contributed by atoms with Crippen molar-refractivity contribution in [3.05, 3.63) is 35.9 Å². The van der Waals surface area contributed by atoms with Crippen LogP contribution in [-0.4, -0.2) is 24.9 Å². The fourth-order valence-corrected chi connectivity index (χ4v) is 2.47. The third kappa shape index (κ3) is 3.86. The third-order valence-electron chi connectivity index (χ3n) is 2.96. The van der Waals surface area contributed by atoms with Crippen LogP contribution in [0, 0.1) is 0 Å². The second-order valence-corrected chi connectivity index (χ2v) is 5.35. The lowest BCUT2D eigenvalue weighted by atomic mass is 10.1. The van der Waals surface area contributed by atoms with Crippen LogP contribution in [0.2, 0.25) is 0 Å². The highest BCUT2D eigenvalue weighted by Gasteiger charge is 2.17.